The fourth-order valence-corrected chi connectivity index (χ4v) is 3.12. The number of hydrogen-bond acceptors (Lipinski definition) is 8. The number of methoxy groups -OCH3 is 3. The number of carbonyl (C=O) groups is 1. The molecule has 0 saturated carbocycles. The van der Waals surface area contributed by atoms with Gasteiger partial charge in [0.25, 0.3) is 5.69 Å². The predicted octanol–water partition coefficient (Wildman–Crippen LogP) is 3.17. The number of carbonyl (C=O) groups excluding carboxylic acids is 1. The van der Waals surface area contributed by atoms with Gasteiger partial charge in [0.1, 0.15) is 5.56 Å². The highest BCUT2D eigenvalue weighted by atomic mass is 16.6. The van der Waals surface area contributed by atoms with Crippen LogP contribution in [0.5, 0.6) is 17.2 Å². The van der Waals surface area contributed by atoms with E-state index in [9.17, 15) is 14.9 Å². The molecular formula is C20H21N3O7. The number of nitro groups is 1. The van der Waals surface area contributed by atoms with E-state index in [4.69, 9.17) is 18.9 Å². The van der Waals surface area contributed by atoms with Gasteiger partial charge in [-0.25, -0.2) is 0 Å². The summed E-state index contributed by atoms with van der Waals surface area (Å²) in [6.45, 7) is 3.12. The number of aryl methyl sites for hydroxylation is 1. The minimum atomic E-state index is -0.966. The Hall–Kier alpha value is -3.82. The highest BCUT2D eigenvalue weighted by Gasteiger charge is 2.36. The Labute approximate surface area is 172 Å². The zero-order valence-electron chi connectivity index (χ0n) is 17.2. The quantitative estimate of drug-likeness (QED) is 0.526. The lowest BCUT2D eigenvalue weighted by Crippen LogP contribution is -2.25. The summed E-state index contributed by atoms with van der Waals surface area (Å²) >= 11 is 0. The largest absolute Gasteiger partial charge is 0.493 e. The van der Waals surface area contributed by atoms with Crippen LogP contribution < -0.4 is 14.2 Å². The molecule has 0 unspecified atom stereocenters. The monoisotopic (exact) mass is 415 g/mol. The first-order valence-electron chi connectivity index (χ1n) is 8.91. The number of ether oxygens (including phenoxy) is 4. The maximum absolute atomic E-state index is 12.2. The van der Waals surface area contributed by atoms with Gasteiger partial charge in [0.2, 0.25) is 23.8 Å². The summed E-state index contributed by atoms with van der Waals surface area (Å²) in [5.74, 6) is 0.688. The highest BCUT2D eigenvalue weighted by Crippen LogP contribution is 2.42. The zero-order chi connectivity index (χ0) is 22.0. The molecule has 1 aliphatic rings. The standard InChI is InChI=1S/C20H21N3O7/c1-11-6-7-15(23(25)26)14(8-11)19-21-22(12(2)24)20(30-19)13-9-16(27-3)18(29-5)17(10-13)28-4/h6-10,20H,1-5H3/t20-/m1/s1. The molecule has 158 valence electrons. The molecule has 10 heteroatoms. The average molecular weight is 415 g/mol. The van der Waals surface area contributed by atoms with Crippen LogP contribution >= 0.6 is 0 Å². The van der Waals surface area contributed by atoms with Crippen molar-refractivity contribution in [1.82, 2.24) is 5.01 Å². The van der Waals surface area contributed by atoms with Crippen molar-refractivity contribution in [2.45, 2.75) is 20.1 Å². The number of rotatable bonds is 6. The van der Waals surface area contributed by atoms with Gasteiger partial charge in [-0.1, -0.05) is 6.07 Å². The van der Waals surface area contributed by atoms with Crippen molar-refractivity contribution >= 4 is 17.5 Å². The molecule has 0 N–H and O–H groups in total. The number of hydrazone groups is 1. The van der Waals surface area contributed by atoms with Gasteiger partial charge < -0.3 is 18.9 Å². The molecule has 0 aliphatic carbocycles. The number of amides is 1. The van der Waals surface area contributed by atoms with E-state index in [0.717, 1.165) is 10.6 Å². The van der Waals surface area contributed by atoms with E-state index in [1.165, 1.54) is 34.3 Å². The molecule has 1 atom stereocenters. The maximum atomic E-state index is 12.2. The van der Waals surface area contributed by atoms with E-state index in [0.29, 0.717) is 22.8 Å². The molecule has 0 aromatic heterocycles. The van der Waals surface area contributed by atoms with Crippen LogP contribution in [0.15, 0.2) is 35.4 Å². The summed E-state index contributed by atoms with van der Waals surface area (Å²) in [6.07, 6.45) is -0.966. The first-order chi connectivity index (χ1) is 14.3. The predicted molar refractivity (Wildman–Crippen MR) is 107 cm³/mol. The van der Waals surface area contributed by atoms with E-state index >= 15 is 0 Å². The molecule has 0 bridgehead atoms. The van der Waals surface area contributed by atoms with Crippen LogP contribution in [0, 0.1) is 17.0 Å². The minimum Gasteiger partial charge on any atom is -0.493 e. The lowest BCUT2D eigenvalue weighted by molar-refractivity contribution is -0.385. The number of benzene rings is 2. The molecule has 0 spiro atoms. The summed E-state index contributed by atoms with van der Waals surface area (Å²) in [6, 6.07) is 7.85. The van der Waals surface area contributed by atoms with Gasteiger partial charge in [0.15, 0.2) is 11.5 Å². The minimum absolute atomic E-state index is 0.0284. The van der Waals surface area contributed by atoms with Crippen LogP contribution in [0.1, 0.15) is 29.8 Å². The van der Waals surface area contributed by atoms with Gasteiger partial charge in [-0.2, -0.15) is 5.01 Å². The molecule has 2 aromatic carbocycles. The Balaban J connectivity index is 2.09. The summed E-state index contributed by atoms with van der Waals surface area (Å²) in [7, 11) is 4.42. The van der Waals surface area contributed by atoms with Crippen LogP contribution in [-0.2, 0) is 9.53 Å². The number of hydrogen-bond donors (Lipinski definition) is 0. The second-order valence-corrected chi connectivity index (χ2v) is 6.48. The fourth-order valence-electron chi connectivity index (χ4n) is 3.12. The molecule has 10 nitrogen and oxygen atoms in total. The number of nitrogens with zero attached hydrogens (tertiary/aromatic N) is 3. The Morgan fingerprint density at radius 1 is 1.13 bits per heavy atom. The Kier molecular flexibility index (Phi) is 5.77. The lowest BCUT2D eigenvalue weighted by Gasteiger charge is -2.21. The number of nitro benzene ring substituents is 1. The maximum Gasteiger partial charge on any atom is 0.282 e. The Morgan fingerprint density at radius 3 is 2.27 bits per heavy atom. The normalized spacial score (nSPS) is 15.3. The van der Waals surface area contributed by atoms with Crippen molar-refractivity contribution < 1.29 is 28.7 Å². The molecule has 2 aromatic rings. The first-order valence-corrected chi connectivity index (χ1v) is 8.91. The Morgan fingerprint density at radius 2 is 1.77 bits per heavy atom. The van der Waals surface area contributed by atoms with Crippen LogP contribution in [0.2, 0.25) is 0 Å². The third-order valence-electron chi connectivity index (χ3n) is 4.52. The summed E-state index contributed by atoms with van der Waals surface area (Å²) in [5.41, 5.74) is 1.29. The van der Waals surface area contributed by atoms with E-state index in [2.05, 4.69) is 5.10 Å². The lowest BCUT2D eigenvalue weighted by atomic mass is 10.1. The molecule has 0 radical (unpaired) electrons. The Bertz CT molecular complexity index is 1010. The summed E-state index contributed by atoms with van der Waals surface area (Å²) in [4.78, 5) is 23.2. The van der Waals surface area contributed by atoms with Crippen LogP contribution in [0.4, 0.5) is 5.69 Å². The van der Waals surface area contributed by atoms with E-state index in [1.54, 1.807) is 31.2 Å². The van der Waals surface area contributed by atoms with Crippen molar-refractivity contribution in [2.75, 3.05) is 21.3 Å². The average Bonchev–Trinajstić information content (AvgIpc) is 3.18. The van der Waals surface area contributed by atoms with Gasteiger partial charge >= 0.3 is 0 Å². The van der Waals surface area contributed by atoms with E-state index in [-0.39, 0.29) is 17.1 Å². The molecule has 3 rings (SSSR count). The molecule has 1 heterocycles. The van der Waals surface area contributed by atoms with Crippen molar-refractivity contribution in [3.63, 3.8) is 0 Å². The smallest absolute Gasteiger partial charge is 0.282 e. The van der Waals surface area contributed by atoms with Gasteiger partial charge in [0, 0.05) is 18.6 Å². The summed E-state index contributed by atoms with van der Waals surface area (Å²) < 4.78 is 22.0. The summed E-state index contributed by atoms with van der Waals surface area (Å²) in [5, 5.41) is 16.8. The third-order valence-corrected chi connectivity index (χ3v) is 4.52. The topological polar surface area (TPSA) is 113 Å². The first kappa shape index (κ1) is 20.9. The van der Waals surface area contributed by atoms with E-state index in [1.807, 2.05) is 0 Å². The van der Waals surface area contributed by atoms with Crippen molar-refractivity contribution in [1.29, 1.82) is 0 Å². The molecular weight excluding hydrogens is 394 g/mol. The fraction of sp³-hybridized carbons (Fsp3) is 0.300. The second-order valence-electron chi connectivity index (χ2n) is 6.48. The van der Waals surface area contributed by atoms with Gasteiger partial charge in [-0.3, -0.25) is 14.9 Å². The molecule has 1 amide bonds. The van der Waals surface area contributed by atoms with Crippen molar-refractivity contribution in [3.05, 3.63) is 57.1 Å². The van der Waals surface area contributed by atoms with Gasteiger partial charge in [-0.15, -0.1) is 5.10 Å². The molecule has 30 heavy (non-hydrogen) atoms. The molecule has 0 saturated heterocycles. The van der Waals surface area contributed by atoms with Crippen LogP contribution in [0.3, 0.4) is 0 Å². The van der Waals surface area contributed by atoms with Crippen LogP contribution in [0.25, 0.3) is 0 Å². The van der Waals surface area contributed by atoms with Gasteiger partial charge in [-0.05, 0) is 30.7 Å². The second kappa shape index (κ2) is 8.27. The molecule has 1 aliphatic heterocycles. The highest BCUT2D eigenvalue weighted by molar-refractivity contribution is 6.00. The molecule has 0 fully saturated rings. The van der Waals surface area contributed by atoms with Crippen molar-refractivity contribution in [2.24, 2.45) is 5.10 Å². The van der Waals surface area contributed by atoms with Crippen LogP contribution in [-0.4, -0.2) is 43.1 Å². The van der Waals surface area contributed by atoms with E-state index < -0.39 is 17.1 Å². The zero-order valence-corrected chi connectivity index (χ0v) is 17.2. The van der Waals surface area contributed by atoms with Gasteiger partial charge in [0.05, 0.1) is 26.3 Å². The third kappa shape index (κ3) is 3.71. The SMILES string of the molecule is COc1cc([C@H]2OC(c3cc(C)ccc3[N+](=O)[O-])=NN2C(C)=O)cc(OC)c1OC. The van der Waals surface area contributed by atoms with Crippen molar-refractivity contribution in [3.8, 4) is 17.2 Å².